The second kappa shape index (κ2) is 13.3. The van der Waals surface area contributed by atoms with Crippen molar-refractivity contribution >= 4 is 35.2 Å². The lowest BCUT2D eigenvalue weighted by Crippen LogP contribution is -2.49. The van der Waals surface area contributed by atoms with Crippen molar-refractivity contribution in [2.24, 2.45) is 0 Å². The van der Waals surface area contributed by atoms with Crippen molar-refractivity contribution < 1.29 is 9.59 Å². The molecule has 30 heavy (non-hydrogen) atoms. The number of amides is 2. The first-order valence-corrected chi connectivity index (χ1v) is 12.0. The van der Waals surface area contributed by atoms with Gasteiger partial charge in [0.25, 0.3) is 0 Å². The first-order chi connectivity index (χ1) is 14.5. The second-order valence-corrected chi connectivity index (χ2v) is 8.62. The van der Waals surface area contributed by atoms with E-state index in [1.54, 1.807) is 16.7 Å². The van der Waals surface area contributed by atoms with Gasteiger partial charge in [-0.05, 0) is 36.1 Å². The SMILES string of the molecule is CCCCNC(=O)[C@@H](CC)N(Cc1ccccc1)C(=O)CSCc1ccc(Cl)cc1. The molecule has 2 aromatic rings. The molecule has 0 bridgehead atoms. The lowest BCUT2D eigenvalue weighted by Gasteiger charge is -2.30. The van der Waals surface area contributed by atoms with E-state index in [-0.39, 0.29) is 11.8 Å². The van der Waals surface area contributed by atoms with Crippen molar-refractivity contribution in [1.29, 1.82) is 0 Å². The number of hydrogen-bond donors (Lipinski definition) is 1. The maximum absolute atomic E-state index is 13.1. The highest BCUT2D eigenvalue weighted by atomic mass is 35.5. The average molecular weight is 447 g/mol. The molecule has 0 aromatic heterocycles. The first kappa shape index (κ1) is 24.3. The topological polar surface area (TPSA) is 49.4 Å². The summed E-state index contributed by atoms with van der Waals surface area (Å²) >= 11 is 7.49. The number of benzene rings is 2. The third-order valence-corrected chi connectivity index (χ3v) is 6.06. The minimum absolute atomic E-state index is 0.0182. The Morgan fingerprint density at radius 2 is 1.73 bits per heavy atom. The highest BCUT2D eigenvalue weighted by Crippen LogP contribution is 2.18. The second-order valence-electron chi connectivity index (χ2n) is 7.20. The third-order valence-electron chi connectivity index (χ3n) is 4.82. The van der Waals surface area contributed by atoms with Crippen LogP contribution >= 0.6 is 23.4 Å². The Hall–Kier alpha value is -1.98. The van der Waals surface area contributed by atoms with Gasteiger partial charge in [-0.15, -0.1) is 11.8 Å². The molecule has 0 spiro atoms. The standard InChI is InChI=1S/C24H31ClN2O2S/c1-3-5-15-26-24(29)22(4-2)27(16-19-9-7-6-8-10-19)23(28)18-30-17-20-11-13-21(25)14-12-20/h6-14,22H,3-5,15-18H2,1-2H3,(H,26,29)/t22-/m1/s1. The van der Waals surface area contributed by atoms with Gasteiger partial charge in [0.1, 0.15) is 6.04 Å². The van der Waals surface area contributed by atoms with Crippen molar-refractivity contribution in [3.05, 3.63) is 70.7 Å². The Morgan fingerprint density at radius 1 is 1.03 bits per heavy atom. The molecule has 2 aromatic carbocycles. The fraction of sp³-hybridized carbons (Fsp3) is 0.417. The minimum Gasteiger partial charge on any atom is -0.354 e. The number of nitrogens with one attached hydrogen (secondary N) is 1. The van der Waals surface area contributed by atoms with Gasteiger partial charge < -0.3 is 10.2 Å². The molecule has 1 N–H and O–H groups in total. The van der Waals surface area contributed by atoms with Crippen molar-refractivity contribution in [2.45, 2.75) is 51.4 Å². The average Bonchev–Trinajstić information content (AvgIpc) is 2.76. The summed E-state index contributed by atoms with van der Waals surface area (Å²) in [6, 6.07) is 17.0. The van der Waals surface area contributed by atoms with Crippen molar-refractivity contribution in [2.75, 3.05) is 12.3 Å². The molecule has 0 saturated carbocycles. The Balaban J connectivity index is 2.05. The zero-order chi connectivity index (χ0) is 21.8. The third kappa shape index (κ3) is 8.04. The molecule has 2 rings (SSSR count). The molecular weight excluding hydrogens is 416 g/mol. The highest BCUT2D eigenvalue weighted by Gasteiger charge is 2.28. The van der Waals surface area contributed by atoms with Crippen LogP contribution in [-0.2, 0) is 21.9 Å². The van der Waals surface area contributed by atoms with Crippen LogP contribution in [0.15, 0.2) is 54.6 Å². The van der Waals surface area contributed by atoms with Crippen LogP contribution in [0.25, 0.3) is 0 Å². The predicted octanol–water partition coefficient (Wildman–Crippen LogP) is 5.30. The minimum atomic E-state index is -0.467. The van der Waals surface area contributed by atoms with E-state index in [0.717, 1.165) is 29.7 Å². The van der Waals surface area contributed by atoms with E-state index in [2.05, 4.69) is 12.2 Å². The van der Waals surface area contributed by atoms with E-state index < -0.39 is 6.04 Å². The summed E-state index contributed by atoms with van der Waals surface area (Å²) in [5.74, 6) is 0.962. The maximum Gasteiger partial charge on any atom is 0.242 e. The van der Waals surface area contributed by atoms with Gasteiger partial charge in [-0.25, -0.2) is 0 Å². The van der Waals surface area contributed by atoms with Gasteiger partial charge in [0.15, 0.2) is 0 Å². The summed E-state index contributed by atoms with van der Waals surface area (Å²) in [6.07, 6.45) is 2.54. The summed E-state index contributed by atoms with van der Waals surface area (Å²) < 4.78 is 0. The molecular formula is C24H31ClN2O2S. The van der Waals surface area contributed by atoms with Crippen LogP contribution in [0.1, 0.15) is 44.2 Å². The first-order valence-electron chi connectivity index (χ1n) is 10.5. The lowest BCUT2D eigenvalue weighted by molar-refractivity contribution is -0.139. The molecule has 4 nitrogen and oxygen atoms in total. The summed E-state index contributed by atoms with van der Waals surface area (Å²) in [7, 11) is 0. The van der Waals surface area contributed by atoms with Crippen LogP contribution in [-0.4, -0.2) is 35.1 Å². The van der Waals surface area contributed by atoms with Crippen molar-refractivity contribution in [1.82, 2.24) is 10.2 Å². The summed E-state index contributed by atoms with van der Waals surface area (Å²) in [5, 5.41) is 3.69. The molecule has 0 radical (unpaired) electrons. The van der Waals surface area contributed by atoms with Crippen LogP contribution in [0.2, 0.25) is 5.02 Å². The smallest absolute Gasteiger partial charge is 0.242 e. The zero-order valence-electron chi connectivity index (χ0n) is 17.8. The normalized spacial score (nSPS) is 11.7. The number of carbonyl (C=O) groups excluding carboxylic acids is 2. The van der Waals surface area contributed by atoms with E-state index in [1.165, 1.54) is 0 Å². The fourth-order valence-corrected chi connectivity index (χ4v) is 4.12. The molecule has 1 atom stereocenters. The molecule has 6 heteroatoms. The number of carbonyl (C=O) groups is 2. The van der Waals surface area contributed by atoms with E-state index in [4.69, 9.17) is 11.6 Å². The monoisotopic (exact) mass is 446 g/mol. The number of rotatable bonds is 12. The Morgan fingerprint density at radius 3 is 2.37 bits per heavy atom. The van der Waals surface area contributed by atoms with Crippen LogP contribution in [0.4, 0.5) is 0 Å². The largest absolute Gasteiger partial charge is 0.354 e. The van der Waals surface area contributed by atoms with E-state index in [9.17, 15) is 9.59 Å². The number of halogens is 1. The van der Waals surface area contributed by atoms with Crippen LogP contribution in [0.5, 0.6) is 0 Å². The number of unbranched alkanes of at least 4 members (excludes halogenated alkanes) is 1. The van der Waals surface area contributed by atoms with E-state index in [1.807, 2.05) is 61.5 Å². The Labute approximate surface area is 189 Å². The highest BCUT2D eigenvalue weighted by molar-refractivity contribution is 7.99. The van der Waals surface area contributed by atoms with Crippen LogP contribution in [0, 0.1) is 0 Å². The predicted molar refractivity (Wildman–Crippen MR) is 127 cm³/mol. The van der Waals surface area contributed by atoms with Crippen molar-refractivity contribution in [3.8, 4) is 0 Å². The van der Waals surface area contributed by atoms with Gasteiger partial charge in [-0.2, -0.15) is 0 Å². The molecule has 0 unspecified atom stereocenters. The van der Waals surface area contributed by atoms with E-state index >= 15 is 0 Å². The fourth-order valence-electron chi connectivity index (χ4n) is 3.13. The summed E-state index contributed by atoms with van der Waals surface area (Å²) in [6.45, 7) is 5.12. The molecule has 2 amide bonds. The van der Waals surface area contributed by atoms with Crippen LogP contribution in [0.3, 0.4) is 0 Å². The molecule has 0 aliphatic rings. The Kier molecular flexibility index (Phi) is 10.8. The van der Waals surface area contributed by atoms with Gasteiger partial charge in [-0.3, -0.25) is 9.59 Å². The molecule has 0 aliphatic carbocycles. The summed E-state index contributed by atoms with van der Waals surface area (Å²) in [4.78, 5) is 27.6. The van der Waals surface area contributed by atoms with Gasteiger partial charge in [-0.1, -0.05) is 74.3 Å². The number of thioether (sulfide) groups is 1. The maximum atomic E-state index is 13.1. The molecule has 0 fully saturated rings. The van der Waals surface area contributed by atoms with Crippen molar-refractivity contribution in [3.63, 3.8) is 0 Å². The molecule has 0 saturated heterocycles. The zero-order valence-corrected chi connectivity index (χ0v) is 19.3. The van der Waals surface area contributed by atoms with Gasteiger partial charge in [0.05, 0.1) is 5.75 Å². The van der Waals surface area contributed by atoms with Gasteiger partial charge >= 0.3 is 0 Å². The summed E-state index contributed by atoms with van der Waals surface area (Å²) in [5.41, 5.74) is 2.14. The van der Waals surface area contributed by atoms with Crippen LogP contribution < -0.4 is 5.32 Å². The number of nitrogens with zero attached hydrogens (tertiary/aromatic N) is 1. The Bertz CT molecular complexity index is 784. The molecule has 162 valence electrons. The molecule has 0 heterocycles. The number of hydrogen-bond acceptors (Lipinski definition) is 3. The molecule has 0 aliphatic heterocycles. The van der Waals surface area contributed by atoms with Gasteiger partial charge in [0, 0.05) is 23.9 Å². The van der Waals surface area contributed by atoms with Gasteiger partial charge in [0.2, 0.25) is 11.8 Å². The van der Waals surface area contributed by atoms with E-state index in [0.29, 0.717) is 30.3 Å². The quantitative estimate of drug-likeness (QED) is 0.450. The lowest BCUT2D eigenvalue weighted by atomic mass is 10.1.